The van der Waals surface area contributed by atoms with Crippen LogP contribution in [0.25, 0.3) is 0 Å². The number of hydrogen-bond acceptors (Lipinski definition) is 2. The Morgan fingerprint density at radius 3 is 2.80 bits per heavy atom. The van der Waals surface area contributed by atoms with E-state index in [1.54, 1.807) is 12.1 Å². The van der Waals surface area contributed by atoms with Crippen molar-refractivity contribution in [2.45, 2.75) is 24.7 Å². The summed E-state index contributed by atoms with van der Waals surface area (Å²) in [6.45, 7) is 0. The molecular weight excluding hydrogens is 190 g/mol. The number of benzene rings is 1. The number of aliphatic carboxylic acids is 1. The fourth-order valence-electron chi connectivity index (χ4n) is 1.93. The van der Waals surface area contributed by atoms with E-state index in [-0.39, 0.29) is 11.8 Å². The van der Waals surface area contributed by atoms with Gasteiger partial charge in [0.2, 0.25) is 0 Å². The van der Waals surface area contributed by atoms with E-state index in [9.17, 15) is 4.79 Å². The van der Waals surface area contributed by atoms with Gasteiger partial charge < -0.3 is 5.11 Å². The first-order valence-corrected chi connectivity index (χ1v) is 4.89. The van der Waals surface area contributed by atoms with Crippen molar-refractivity contribution in [2.24, 2.45) is 0 Å². The van der Waals surface area contributed by atoms with Crippen LogP contribution in [-0.2, 0) is 10.2 Å². The molecule has 1 fully saturated rings. The van der Waals surface area contributed by atoms with Gasteiger partial charge in [-0.1, -0.05) is 12.1 Å². The van der Waals surface area contributed by atoms with Gasteiger partial charge in [-0.15, -0.1) is 0 Å². The molecule has 15 heavy (non-hydrogen) atoms. The van der Waals surface area contributed by atoms with E-state index in [1.165, 1.54) is 0 Å². The van der Waals surface area contributed by atoms with Gasteiger partial charge in [0.1, 0.15) is 0 Å². The molecule has 2 rings (SSSR count). The van der Waals surface area contributed by atoms with Crippen LogP contribution in [0.4, 0.5) is 0 Å². The number of hydrogen-bond donors (Lipinski definition) is 1. The smallest absolute Gasteiger partial charge is 0.304 e. The third-order valence-electron chi connectivity index (χ3n) is 2.95. The zero-order chi connectivity index (χ0) is 10.9. The van der Waals surface area contributed by atoms with Gasteiger partial charge in [-0.05, 0) is 30.5 Å². The van der Waals surface area contributed by atoms with E-state index in [2.05, 4.69) is 6.07 Å². The minimum atomic E-state index is -0.769. The third kappa shape index (κ3) is 1.84. The molecule has 0 amide bonds. The minimum Gasteiger partial charge on any atom is -0.481 e. The maximum atomic E-state index is 10.7. The van der Waals surface area contributed by atoms with Crippen LogP contribution in [0.15, 0.2) is 24.3 Å². The minimum absolute atomic E-state index is 0.169. The van der Waals surface area contributed by atoms with Crippen LogP contribution >= 0.6 is 0 Å². The van der Waals surface area contributed by atoms with Crippen LogP contribution < -0.4 is 0 Å². The standard InChI is InChI=1S/C12H11NO2/c13-8-9-2-1-3-10(6-9)12(4-5-12)7-11(14)15/h1-3,6H,4-5,7H2,(H,14,15). The molecule has 1 aromatic rings. The van der Waals surface area contributed by atoms with Gasteiger partial charge >= 0.3 is 5.97 Å². The second kappa shape index (κ2) is 3.39. The number of carboxylic acids is 1. The summed E-state index contributed by atoms with van der Waals surface area (Å²) in [5, 5.41) is 17.6. The Morgan fingerprint density at radius 2 is 2.27 bits per heavy atom. The van der Waals surface area contributed by atoms with Crippen molar-refractivity contribution in [3.05, 3.63) is 35.4 Å². The van der Waals surface area contributed by atoms with Crippen LogP contribution in [0, 0.1) is 11.3 Å². The van der Waals surface area contributed by atoms with Gasteiger partial charge in [0.05, 0.1) is 18.1 Å². The average molecular weight is 201 g/mol. The van der Waals surface area contributed by atoms with Gasteiger partial charge in [0.25, 0.3) is 0 Å². The van der Waals surface area contributed by atoms with Crippen LogP contribution in [0.2, 0.25) is 0 Å². The molecule has 1 aliphatic rings. The van der Waals surface area contributed by atoms with E-state index < -0.39 is 5.97 Å². The van der Waals surface area contributed by atoms with E-state index in [1.807, 2.05) is 12.1 Å². The Morgan fingerprint density at radius 1 is 1.53 bits per heavy atom. The third-order valence-corrected chi connectivity index (χ3v) is 2.95. The lowest BCUT2D eigenvalue weighted by Crippen LogP contribution is -2.12. The van der Waals surface area contributed by atoms with Crippen LogP contribution in [0.1, 0.15) is 30.4 Å². The molecule has 0 atom stereocenters. The van der Waals surface area contributed by atoms with E-state index in [0.29, 0.717) is 5.56 Å². The van der Waals surface area contributed by atoms with Gasteiger partial charge in [-0.2, -0.15) is 5.26 Å². The largest absolute Gasteiger partial charge is 0.481 e. The van der Waals surface area contributed by atoms with Crippen molar-refractivity contribution in [1.29, 1.82) is 5.26 Å². The van der Waals surface area contributed by atoms with Gasteiger partial charge in [-0.3, -0.25) is 4.79 Å². The summed E-state index contributed by atoms with van der Waals surface area (Å²) >= 11 is 0. The molecule has 0 heterocycles. The lowest BCUT2D eigenvalue weighted by molar-refractivity contribution is -0.137. The molecule has 0 bridgehead atoms. The monoisotopic (exact) mass is 201 g/mol. The molecule has 76 valence electrons. The summed E-state index contributed by atoms with van der Waals surface area (Å²) in [6, 6.07) is 9.34. The molecule has 3 heteroatoms. The summed E-state index contributed by atoms with van der Waals surface area (Å²) in [5.41, 5.74) is 1.40. The van der Waals surface area contributed by atoms with Crippen LogP contribution in [-0.4, -0.2) is 11.1 Å². The Labute approximate surface area is 88.0 Å². The molecule has 0 spiro atoms. The number of nitrogens with zero attached hydrogens (tertiary/aromatic N) is 1. The molecular formula is C12H11NO2. The van der Waals surface area contributed by atoms with Gasteiger partial charge in [0.15, 0.2) is 0 Å². The number of nitriles is 1. The molecule has 1 N–H and O–H groups in total. The molecule has 0 radical (unpaired) electrons. The van der Waals surface area contributed by atoms with Crippen molar-refractivity contribution in [3.63, 3.8) is 0 Å². The van der Waals surface area contributed by atoms with Crippen LogP contribution in [0.3, 0.4) is 0 Å². The normalized spacial score (nSPS) is 16.7. The number of carboxylic acid groups (broad SMARTS) is 1. The average Bonchev–Trinajstić information content (AvgIpc) is 2.98. The lowest BCUT2D eigenvalue weighted by Gasteiger charge is -2.12. The zero-order valence-electron chi connectivity index (χ0n) is 8.23. The van der Waals surface area contributed by atoms with E-state index in [0.717, 1.165) is 18.4 Å². The first kappa shape index (κ1) is 9.72. The predicted molar refractivity (Wildman–Crippen MR) is 54.3 cm³/mol. The molecule has 3 nitrogen and oxygen atoms in total. The highest BCUT2D eigenvalue weighted by molar-refractivity contribution is 5.70. The zero-order valence-corrected chi connectivity index (χ0v) is 8.23. The molecule has 0 saturated heterocycles. The predicted octanol–water partition coefficient (Wildman–Crippen LogP) is 2.06. The highest BCUT2D eigenvalue weighted by Crippen LogP contribution is 2.51. The second-order valence-electron chi connectivity index (χ2n) is 4.04. The number of carbonyl (C=O) groups is 1. The topological polar surface area (TPSA) is 61.1 Å². The fraction of sp³-hybridized carbons (Fsp3) is 0.333. The van der Waals surface area contributed by atoms with Crippen LogP contribution in [0.5, 0.6) is 0 Å². The van der Waals surface area contributed by atoms with Crippen molar-refractivity contribution in [1.82, 2.24) is 0 Å². The second-order valence-corrected chi connectivity index (χ2v) is 4.04. The van der Waals surface area contributed by atoms with Crippen molar-refractivity contribution in [3.8, 4) is 6.07 Å². The summed E-state index contributed by atoms with van der Waals surface area (Å²) < 4.78 is 0. The number of rotatable bonds is 3. The van der Waals surface area contributed by atoms with Crippen molar-refractivity contribution >= 4 is 5.97 Å². The Bertz CT molecular complexity index is 441. The van der Waals surface area contributed by atoms with Crippen molar-refractivity contribution in [2.75, 3.05) is 0 Å². The van der Waals surface area contributed by atoms with Gasteiger partial charge in [0, 0.05) is 5.41 Å². The molecule has 0 aliphatic heterocycles. The SMILES string of the molecule is N#Cc1cccc(C2(CC(=O)O)CC2)c1. The quantitative estimate of drug-likeness (QED) is 0.814. The first-order chi connectivity index (χ1) is 7.16. The summed E-state index contributed by atoms with van der Waals surface area (Å²) in [7, 11) is 0. The lowest BCUT2D eigenvalue weighted by atomic mass is 9.91. The highest BCUT2D eigenvalue weighted by atomic mass is 16.4. The molecule has 1 saturated carbocycles. The Balaban J connectivity index is 2.30. The summed E-state index contributed by atoms with van der Waals surface area (Å²) in [4.78, 5) is 10.7. The van der Waals surface area contributed by atoms with Crippen molar-refractivity contribution < 1.29 is 9.90 Å². The van der Waals surface area contributed by atoms with E-state index in [4.69, 9.17) is 10.4 Å². The Hall–Kier alpha value is -1.82. The van der Waals surface area contributed by atoms with E-state index >= 15 is 0 Å². The molecule has 0 aromatic heterocycles. The summed E-state index contributed by atoms with van der Waals surface area (Å²) in [6.07, 6.45) is 1.99. The Kier molecular flexibility index (Phi) is 2.20. The highest BCUT2D eigenvalue weighted by Gasteiger charge is 2.45. The maximum absolute atomic E-state index is 10.7. The fourth-order valence-corrected chi connectivity index (χ4v) is 1.93. The van der Waals surface area contributed by atoms with Gasteiger partial charge in [-0.25, -0.2) is 0 Å². The summed E-state index contributed by atoms with van der Waals surface area (Å²) in [5.74, 6) is -0.769. The molecule has 1 aliphatic carbocycles. The maximum Gasteiger partial charge on any atom is 0.304 e. The first-order valence-electron chi connectivity index (χ1n) is 4.89. The molecule has 0 unspecified atom stereocenters. The molecule has 1 aromatic carbocycles.